The molecule has 0 atom stereocenters. The molecule has 3 heterocycles. The van der Waals surface area contributed by atoms with Gasteiger partial charge in [0.25, 0.3) is 0 Å². The van der Waals surface area contributed by atoms with Crippen LogP contribution in [0.25, 0.3) is 92.7 Å². The molecule has 0 spiro atoms. The van der Waals surface area contributed by atoms with Gasteiger partial charge in [-0.25, -0.2) is 9.97 Å². The Bertz CT molecular complexity index is 2840. The van der Waals surface area contributed by atoms with Crippen molar-refractivity contribution < 1.29 is 0 Å². The summed E-state index contributed by atoms with van der Waals surface area (Å²) in [6, 6.07) is 62.5. The molecule has 0 aliphatic rings. The van der Waals surface area contributed by atoms with E-state index in [1.165, 1.54) is 54.1 Å². The predicted octanol–water partition coefficient (Wildman–Crippen LogP) is 12.6. The summed E-state index contributed by atoms with van der Waals surface area (Å²) in [5.74, 6) is 0.741. The number of hydrogen-bond donors (Lipinski definition) is 0. The number of benzene rings is 7. The normalized spacial score (nSPS) is 11.6. The predicted molar refractivity (Wildman–Crippen MR) is 211 cm³/mol. The van der Waals surface area contributed by atoms with Crippen LogP contribution in [0.15, 0.2) is 176 Å². The fourth-order valence-corrected chi connectivity index (χ4v) is 8.46. The molecule has 0 bridgehead atoms. The van der Waals surface area contributed by atoms with Crippen molar-refractivity contribution in [3.8, 4) is 50.6 Å². The summed E-state index contributed by atoms with van der Waals surface area (Å²) in [6.07, 6.45) is 0. The minimum Gasteiger partial charge on any atom is -0.309 e. The topological polar surface area (TPSA) is 30.7 Å². The highest BCUT2D eigenvalue weighted by molar-refractivity contribution is 7.26. The molecular formula is C46H29N3S. The number of para-hydroxylation sites is 2. The average Bonchev–Trinajstić information content (AvgIpc) is 3.74. The fourth-order valence-electron chi connectivity index (χ4n) is 7.28. The lowest BCUT2D eigenvalue weighted by atomic mass is 9.97. The summed E-state index contributed by atoms with van der Waals surface area (Å²) >= 11 is 1.77. The lowest BCUT2D eigenvalue weighted by Gasteiger charge is -2.10. The summed E-state index contributed by atoms with van der Waals surface area (Å²) in [5.41, 5.74) is 12.4. The van der Waals surface area contributed by atoms with Gasteiger partial charge in [0.15, 0.2) is 5.82 Å². The highest BCUT2D eigenvalue weighted by Crippen LogP contribution is 2.44. The quantitative estimate of drug-likeness (QED) is 0.185. The smallest absolute Gasteiger partial charge is 0.160 e. The van der Waals surface area contributed by atoms with Crippen LogP contribution in [0.4, 0.5) is 0 Å². The molecule has 0 aliphatic heterocycles. The Morgan fingerprint density at radius 3 is 1.86 bits per heavy atom. The van der Waals surface area contributed by atoms with Crippen molar-refractivity contribution in [2.24, 2.45) is 0 Å². The van der Waals surface area contributed by atoms with Crippen LogP contribution >= 0.6 is 11.3 Å². The van der Waals surface area contributed by atoms with Crippen LogP contribution in [0.3, 0.4) is 0 Å². The highest BCUT2D eigenvalue weighted by Gasteiger charge is 2.19. The maximum Gasteiger partial charge on any atom is 0.160 e. The molecule has 0 unspecified atom stereocenters. The molecule has 234 valence electrons. The summed E-state index contributed by atoms with van der Waals surface area (Å²) in [5, 5.41) is 3.69. The van der Waals surface area contributed by atoms with Crippen LogP contribution in [0.2, 0.25) is 0 Å². The molecule has 0 N–H and O–H groups in total. The van der Waals surface area contributed by atoms with E-state index < -0.39 is 0 Å². The van der Waals surface area contributed by atoms with Gasteiger partial charge in [0.2, 0.25) is 0 Å². The molecule has 50 heavy (non-hydrogen) atoms. The molecule has 3 aromatic heterocycles. The zero-order valence-corrected chi connectivity index (χ0v) is 27.8. The van der Waals surface area contributed by atoms with Gasteiger partial charge in [0.1, 0.15) is 0 Å². The minimum absolute atomic E-state index is 0.741. The monoisotopic (exact) mass is 655 g/mol. The Morgan fingerprint density at radius 1 is 0.440 bits per heavy atom. The van der Waals surface area contributed by atoms with Crippen molar-refractivity contribution in [1.29, 1.82) is 0 Å². The van der Waals surface area contributed by atoms with Gasteiger partial charge < -0.3 is 4.57 Å². The number of rotatable bonds is 5. The summed E-state index contributed by atoms with van der Waals surface area (Å²) in [7, 11) is 0. The van der Waals surface area contributed by atoms with Crippen molar-refractivity contribution in [3.05, 3.63) is 176 Å². The van der Waals surface area contributed by atoms with E-state index in [0.29, 0.717) is 0 Å². The standard InChI is InChI=1S/C46H29N3S/c1-4-13-32(14-5-1)43-45-44(48-46(47-43)33-15-6-2-7-16-33)42-36(20-12-22-41(42)50-45)31-25-23-30(24-26-31)34-27-28-38-37-19-10-11-21-39(37)49(40(38)29-34)35-17-8-3-9-18-35/h1-29H. The zero-order chi connectivity index (χ0) is 33.0. The molecule has 10 aromatic rings. The lowest BCUT2D eigenvalue weighted by molar-refractivity contribution is 1.18. The maximum absolute atomic E-state index is 5.25. The second-order valence-electron chi connectivity index (χ2n) is 12.6. The van der Waals surface area contributed by atoms with E-state index in [4.69, 9.17) is 9.97 Å². The molecule has 0 radical (unpaired) electrons. The first kappa shape index (κ1) is 28.6. The Kier molecular flexibility index (Phi) is 6.68. The zero-order valence-electron chi connectivity index (χ0n) is 27.0. The van der Waals surface area contributed by atoms with E-state index in [-0.39, 0.29) is 0 Å². The Hall–Kier alpha value is -6.36. The van der Waals surface area contributed by atoms with Crippen LogP contribution in [0, 0.1) is 0 Å². The van der Waals surface area contributed by atoms with Crippen LogP contribution in [0.5, 0.6) is 0 Å². The van der Waals surface area contributed by atoms with Gasteiger partial charge >= 0.3 is 0 Å². The first-order chi connectivity index (χ1) is 24.8. The first-order valence-corrected chi connectivity index (χ1v) is 17.7. The molecule has 0 saturated heterocycles. The first-order valence-electron chi connectivity index (χ1n) is 16.8. The number of nitrogens with zero attached hydrogens (tertiary/aromatic N) is 3. The van der Waals surface area contributed by atoms with Gasteiger partial charge in [-0.05, 0) is 52.6 Å². The SMILES string of the molecule is c1ccc(-c2nc(-c3ccccc3)c3sc4cccc(-c5ccc(-c6ccc7c8ccccc8n(-c8ccccc8)c7c6)cc5)c4c3n2)cc1. The molecule has 10 rings (SSSR count). The molecule has 0 saturated carbocycles. The third-order valence-electron chi connectivity index (χ3n) is 9.64. The average molecular weight is 656 g/mol. The summed E-state index contributed by atoms with van der Waals surface area (Å²) in [6.45, 7) is 0. The van der Waals surface area contributed by atoms with Crippen LogP contribution in [0.1, 0.15) is 0 Å². The number of hydrogen-bond acceptors (Lipinski definition) is 3. The van der Waals surface area contributed by atoms with E-state index in [0.717, 1.165) is 38.5 Å². The minimum atomic E-state index is 0.741. The Morgan fingerprint density at radius 2 is 1.08 bits per heavy atom. The molecule has 0 fully saturated rings. The van der Waals surface area contributed by atoms with E-state index in [1.54, 1.807) is 11.3 Å². The van der Waals surface area contributed by atoms with Gasteiger partial charge in [-0.3, -0.25) is 0 Å². The fraction of sp³-hybridized carbons (Fsp3) is 0. The largest absolute Gasteiger partial charge is 0.309 e. The molecule has 7 aromatic carbocycles. The van der Waals surface area contributed by atoms with Crippen molar-refractivity contribution in [3.63, 3.8) is 0 Å². The van der Waals surface area contributed by atoms with Crippen LogP contribution < -0.4 is 0 Å². The second-order valence-corrected chi connectivity index (χ2v) is 13.6. The van der Waals surface area contributed by atoms with Crippen molar-refractivity contribution in [2.75, 3.05) is 0 Å². The Labute approximate surface area is 293 Å². The molecular weight excluding hydrogens is 627 g/mol. The van der Waals surface area contributed by atoms with Gasteiger partial charge in [-0.15, -0.1) is 11.3 Å². The number of fused-ring (bicyclic) bond motifs is 6. The van der Waals surface area contributed by atoms with Crippen molar-refractivity contribution >= 4 is 53.4 Å². The van der Waals surface area contributed by atoms with E-state index in [2.05, 4.69) is 156 Å². The molecule has 3 nitrogen and oxygen atoms in total. The van der Waals surface area contributed by atoms with Gasteiger partial charge in [-0.1, -0.05) is 146 Å². The summed E-state index contributed by atoms with van der Waals surface area (Å²) < 4.78 is 4.69. The van der Waals surface area contributed by atoms with Gasteiger partial charge in [-0.2, -0.15) is 0 Å². The summed E-state index contributed by atoms with van der Waals surface area (Å²) in [4.78, 5) is 10.4. The van der Waals surface area contributed by atoms with E-state index >= 15 is 0 Å². The highest BCUT2D eigenvalue weighted by atomic mass is 32.1. The third-order valence-corrected chi connectivity index (χ3v) is 10.8. The lowest BCUT2D eigenvalue weighted by Crippen LogP contribution is -1.93. The van der Waals surface area contributed by atoms with E-state index in [1.807, 2.05) is 24.3 Å². The van der Waals surface area contributed by atoms with Crippen LogP contribution in [-0.4, -0.2) is 14.5 Å². The third kappa shape index (κ3) is 4.65. The Balaban J connectivity index is 1.12. The maximum atomic E-state index is 5.25. The van der Waals surface area contributed by atoms with Crippen molar-refractivity contribution in [2.45, 2.75) is 0 Å². The van der Waals surface area contributed by atoms with E-state index in [9.17, 15) is 0 Å². The molecule has 0 amide bonds. The van der Waals surface area contributed by atoms with Gasteiger partial charge in [0, 0.05) is 37.7 Å². The van der Waals surface area contributed by atoms with Crippen LogP contribution in [-0.2, 0) is 0 Å². The second kappa shape index (κ2) is 11.7. The van der Waals surface area contributed by atoms with Crippen molar-refractivity contribution in [1.82, 2.24) is 14.5 Å². The van der Waals surface area contributed by atoms with Gasteiger partial charge in [0.05, 0.1) is 26.9 Å². The number of aromatic nitrogens is 3. The molecule has 4 heteroatoms. The number of thiophene rings is 1. The molecule has 0 aliphatic carbocycles.